The van der Waals surface area contributed by atoms with Crippen LogP contribution >= 0.6 is 11.8 Å². The van der Waals surface area contributed by atoms with Gasteiger partial charge in [0.15, 0.2) is 10.2 Å². The fraction of sp³-hybridized carbons (Fsp3) is 0.625. The summed E-state index contributed by atoms with van der Waals surface area (Å²) in [5, 5.41) is 13.6. The summed E-state index contributed by atoms with van der Waals surface area (Å²) >= 11 is 1.35. The van der Waals surface area contributed by atoms with Crippen molar-refractivity contribution < 1.29 is 0 Å². The van der Waals surface area contributed by atoms with Gasteiger partial charge in [0.1, 0.15) is 5.82 Å². The molecule has 7 nitrogen and oxygen atoms in total. The molecule has 1 saturated heterocycles. The highest BCUT2D eigenvalue weighted by molar-refractivity contribution is 7.99. The van der Waals surface area contributed by atoms with E-state index in [0.29, 0.717) is 23.5 Å². The van der Waals surface area contributed by atoms with Gasteiger partial charge in [-0.1, -0.05) is 0 Å². The smallest absolute Gasteiger partial charge is 0.283 e. The van der Waals surface area contributed by atoms with Gasteiger partial charge < -0.3 is 14.5 Å². The molecule has 2 fully saturated rings. The van der Waals surface area contributed by atoms with Gasteiger partial charge in [0.2, 0.25) is 0 Å². The monoisotopic (exact) mass is 346 g/mol. The lowest BCUT2D eigenvalue weighted by atomic mass is 9.99. The van der Waals surface area contributed by atoms with Crippen molar-refractivity contribution in [3.63, 3.8) is 0 Å². The van der Waals surface area contributed by atoms with Crippen molar-refractivity contribution in [3.8, 4) is 0 Å². The summed E-state index contributed by atoms with van der Waals surface area (Å²) in [5.41, 5.74) is -0.0590. The first-order valence-corrected chi connectivity index (χ1v) is 9.48. The van der Waals surface area contributed by atoms with Gasteiger partial charge in [0.25, 0.3) is 5.56 Å². The van der Waals surface area contributed by atoms with Crippen LogP contribution in [0.3, 0.4) is 0 Å². The average Bonchev–Trinajstić information content (AvgIpc) is 3.38. The minimum atomic E-state index is -0.0590. The molecule has 8 heteroatoms. The molecule has 1 aliphatic carbocycles. The third-order valence-electron chi connectivity index (χ3n) is 4.68. The van der Waals surface area contributed by atoms with Crippen LogP contribution < -0.4 is 10.9 Å². The Morgan fingerprint density at radius 2 is 2.21 bits per heavy atom. The molecular weight excluding hydrogens is 324 g/mol. The Morgan fingerprint density at radius 3 is 2.92 bits per heavy atom. The quantitative estimate of drug-likeness (QED) is 0.890. The lowest BCUT2D eigenvalue weighted by Gasteiger charge is -2.22. The fourth-order valence-corrected chi connectivity index (χ4v) is 4.13. The van der Waals surface area contributed by atoms with Crippen molar-refractivity contribution >= 4 is 11.8 Å². The van der Waals surface area contributed by atoms with Gasteiger partial charge in [0, 0.05) is 37.4 Å². The van der Waals surface area contributed by atoms with Crippen LogP contribution in [0.1, 0.15) is 50.4 Å². The Bertz CT molecular complexity index is 775. The minimum Gasteiger partial charge on any atom is -0.316 e. The van der Waals surface area contributed by atoms with E-state index < -0.39 is 0 Å². The predicted molar refractivity (Wildman–Crippen MR) is 91.4 cm³/mol. The van der Waals surface area contributed by atoms with Crippen LogP contribution in [0.5, 0.6) is 0 Å². The van der Waals surface area contributed by atoms with E-state index in [1.54, 1.807) is 17.0 Å². The lowest BCUT2D eigenvalue weighted by Crippen LogP contribution is -2.30. The molecule has 3 heterocycles. The number of hydrogen-bond donors (Lipinski definition) is 1. The number of nitrogens with one attached hydrogen (secondary N) is 1. The van der Waals surface area contributed by atoms with Crippen molar-refractivity contribution in [2.45, 2.75) is 61.3 Å². The third-order valence-corrected chi connectivity index (χ3v) is 5.61. The first-order chi connectivity index (χ1) is 11.8. The standard InChI is InChI=1S/C16H22N6OS/c1-2-21-9-8-18-14(15(21)23)24-16-20-19-13(22(16)12-5-6-12)11-4-3-7-17-10-11/h8-9,11-12,17H,2-7,10H2,1H3. The Balaban J connectivity index is 1.66. The Hall–Kier alpha value is -1.67. The van der Waals surface area contributed by atoms with Crippen LogP contribution in [0.4, 0.5) is 0 Å². The zero-order valence-electron chi connectivity index (χ0n) is 13.8. The van der Waals surface area contributed by atoms with Crippen molar-refractivity contribution in [1.29, 1.82) is 0 Å². The Kier molecular flexibility index (Phi) is 4.41. The van der Waals surface area contributed by atoms with E-state index in [0.717, 1.165) is 30.5 Å². The highest BCUT2D eigenvalue weighted by Crippen LogP contribution is 2.41. The molecule has 2 aromatic rings. The zero-order chi connectivity index (χ0) is 16.5. The van der Waals surface area contributed by atoms with Crippen LogP contribution in [0.2, 0.25) is 0 Å². The number of aryl methyl sites for hydroxylation is 1. The lowest BCUT2D eigenvalue weighted by molar-refractivity contribution is 0.428. The van der Waals surface area contributed by atoms with Crippen LogP contribution in [-0.4, -0.2) is 37.4 Å². The normalized spacial score (nSPS) is 21.1. The second kappa shape index (κ2) is 6.68. The molecule has 1 unspecified atom stereocenters. The summed E-state index contributed by atoms with van der Waals surface area (Å²) in [6.07, 6.45) is 8.05. The van der Waals surface area contributed by atoms with E-state index in [1.807, 2.05) is 6.92 Å². The highest BCUT2D eigenvalue weighted by atomic mass is 32.2. The number of aromatic nitrogens is 5. The number of hydrogen-bond acceptors (Lipinski definition) is 6. The number of nitrogens with zero attached hydrogens (tertiary/aromatic N) is 5. The fourth-order valence-electron chi connectivity index (χ4n) is 3.22. The van der Waals surface area contributed by atoms with Gasteiger partial charge in [-0.05, 0) is 50.9 Å². The third kappa shape index (κ3) is 3.00. The van der Waals surface area contributed by atoms with Crippen LogP contribution in [-0.2, 0) is 6.54 Å². The molecule has 24 heavy (non-hydrogen) atoms. The summed E-state index contributed by atoms with van der Waals surface area (Å²) in [6.45, 7) is 4.64. The van der Waals surface area contributed by atoms with Crippen molar-refractivity contribution in [3.05, 3.63) is 28.6 Å². The molecule has 1 saturated carbocycles. The topological polar surface area (TPSA) is 77.6 Å². The zero-order valence-corrected chi connectivity index (χ0v) is 14.6. The van der Waals surface area contributed by atoms with Crippen LogP contribution in [0.25, 0.3) is 0 Å². The van der Waals surface area contributed by atoms with Crippen molar-refractivity contribution in [2.75, 3.05) is 13.1 Å². The molecule has 0 bridgehead atoms. The summed E-state index contributed by atoms with van der Waals surface area (Å²) in [7, 11) is 0. The van der Waals surface area contributed by atoms with Crippen LogP contribution in [0.15, 0.2) is 27.4 Å². The van der Waals surface area contributed by atoms with Crippen LogP contribution in [0, 0.1) is 0 Å². The molecule has 0 radical (unpaired) electrons. The van der Waals surface area contributed by atoms with E-state index in [-0.39, 0.29) is 5.56 Å². The molecule has 128 valence electrons. The highest BCUT2D eigenvalue weighted by Gasteiger charge is 2.33. The molecule has 2 aromatic heterocycles. The molecule has 0 amide bonds. The summed E-state index contributed by atoms with van der Waals surface area (Å²) < 4.78 is 3.92. The van der Waals surface area contributed by atoms with Gasteiger partial charge in [-0.2, -0.15) is 0 Å². The first-order valence-electron chi connectivity index (χ1n) is 8.66. The van der Waals surface area contributed by atoms with E-state index in [9.17, 15) is 4.79 Å². The second-order valence-electron chi connectivity index (χ2n) is 6.41. The van der Waals surface area contributed by atoms with Gasteiger partial charge in [0.05, 0.1) is 0 Å². The molecule has 1 aliphatic heterocycles. The maximum atomic E-state index is 12.4. The molecule has 4 rings (SSSR count). The van der Waals surface area contributed by atoms with Crippen molar-refractivity contribution in [1.82, 2.24) is 29.6 Å². The van der Waals surface area contributed by atoms with E-state index in [1.165, 1.54) is 31.0 Å². The predicted octanol–water partition coefficient (Wildman–Crippen LogP) is 1.81. The summed E-state index contributed by atoms with van der Waals surface area (Å²) in [4.78, 5) is 16.7. The van der Waals surface area contributed by atoms with Crippen molar-refractivity contribution in [2.24, 2.45) is 0 Å². The number of piperidine rings is 1. The average molecular weight is 346 g/mol. The number of rotatable bonds is 5. The van der Waals surface area contributed by atoms with E-state index in [4.69, 9.17) is 0 Å². The van der Waals surface area contributed by atoms with E-state index in [2.05, 4.69) is 25.1 Å². The SMILES string of the molecule is CCn1ccnc(Sc2nnc(C3CCCNC3)n2C2CC2)c1=O. The van der Waals surface area contributed by atoms with Gasteiger partial charge in [-0.3, -0.25) is 4.79 Å². The summed E-state index contributed by atoms with van der Waals surface area (Å²) in [5.74, 6) is 1.48. The molecule has 0 spiro atoms. The minimum absolute atomic E-state index is 0.0590. The Morgan fingerprint density at radius 1 is 1.33 bits per heavy atom. The second-order valence-corrected chi connectivity index (χ2v) is 7.37. The maximum Gasteiger partial charge on any atom is 0.283 e. The Labute approximate surface area is 144 Å². The first kappa shape index (κ1) is 15.8. The maximum absolute atomic E-state index is 12.4. The van der Waals surface area contributed by atoms with Gasteiger partial charge >= 0.3 is 0 Å². The molecule has 1 N–H and O–H groups in total. The largest absolute Gasteiger partial charge is 0.316 e. The molecule has 2 aliphatic rings. The molecule has 1 atom stereocenters. The summed E-state index contributed by atoms with van der Waals surface area (Å²) in [6, 6.07) is 0.483. The van der Waals surface area contributed by atoms with Gasteiger partial charge in [-0.15, -0.1) is 10.2 Å². The van der Waals surface area contributed by atoms with E-state index >= 15 is 0 Å². The molecular formula is C16H22N6OS. The molecule has 0 aromatic carbocycles. The van der Waals surface area contributed by atoms with Gasteiger partial charge in [-0.25, -0.2) is 4.98 Å².